The summed E-state index contributed by atoms with van der Waals surface area (Å²) < 4.78 is 5.82. The van der Waals surface area contributed by atoms with E-state index in [1.807, 2.05) is 19.0 Å². The molecule has 0 aliphatic carbocycles. The summed E-state index contributed by atoms with van der Waals surface area (Å²) in [6.45, 7) is 0.864. The highest BCUT2D eigenvalue weighted by atomic mass is 16.5. The first kappa shape index (κ1) is 13.7. The van der Waals surface area contributed by atoms with Gasteiger partial charge in [0, 0.05) is 19.8 Å². The molecule has 1 aliphatic rings. The van der Waals surface area contributed by atoms with Crippen LogP contribution in [0, 0.1) is 0 Å². The summed E-state index contributed by atoms with van der Waals surface area (Å²) in [6, 6.07) is 0. The van der Waals surface area contributed by atoms with Crippen LogP contribution in [0.3, 0.4) is 0 Å². The van der Waals surface area contributed by atoms with Gasteiger partial charge in [-0.05, 0) is 26.0 Å². The maximum atomic E-state index is 10.1. The summed E-state index contributed by atoms with van der Waals surface area (Å²) in [4.78, 5) is 15.4. The van der Waals surface area contributed by atoms with E-state index in [1.54, 1.807) is 12.3 Å². The van der Waals surface area contributed by atoms with Gasteiger partial charge in [0.2, 0.25) is 6.41 Å². The van der Waals surface area contributed by atoms with E-state index in [0.29, 0.717) is 6.41 Å². The molecular weight excluding hydrogens is 220 g/mol. The summed E-state index contributed by atoms with van der Waals surface area (Å²) in [5.74, 6) is 0.191. The Bertz CT molecular complexity index is 304. The molecule has 3 N–H and O–H groups in total. The molecule has 96 valence electrons. The second-order valence-electron chi connectivity index (χ2n) is 3.99. The number of rotatable bonds is 6. The number of amides is 1. The second-order valence-corrected chi connectivity index (χ2v) is 3.99. The van der Waals surface area contributed by atoms with Crippen molar-refractivity contribution in [3.8, 4) is 0 Å². The van der Waals surface area contributed by atoms with Crippen molar-refractivity contribution in [2.75, 3.05) is 20.6 Å². The van der Waals surface area contributed by atoms with E-state index in [2.05, 4.69) is 10.3 Å². The third kappa shape index (κ3) is 4.54. The summed E-state index contributed by atoms with van der Waals surface area (Å²) in [5.41, 5.74) is 5.46. The van der Waals surface area contributed by atoms with Crippen molar-refractivity contribution in [3.63, 3.8) is 0 Å². The SMILES string of the molecule is CNCC1CCC(N(C)/C=C\C(N)=N/C=O)O1. The average Bonchev–Trinajstić information content (AvgIpc) is 2.75. The van der Waals surface area contributed by atoms with Crippen LogP contribution in [0.4, 0.5) is 0 Å². The minimum Gasteiger partial charge on any atom is -0.384 e. The number of aliphatic imine (C=N–C) groups is 1. The number of hydrogen-bond acceptors (Lipinski definition) is 4. The number of nitrogens with two attached hydrogens (primary N) is 1. The molecule has 0 bridgehead atoms. The Morgan fingerprint density at radius 2 is 2.41 bits per heavy atom. The number of ether oxygens (including phenoxy) is 1. The molecule has 1 amide bonds. The van der Waals surface area contributed by atoms with Crippen molar-refractivity contribution < 1.29 is 9.53 Å². The van der Waals surface area contributed by atoms with Gasteiger partial charge in [0.15, 0.2) is 0 Å². The fraction of sp³-hybridized carbons (Fsp3) is 0.636. The molecule has 0 radical (unpaired) electrons. The topological polar surface area (TPSA) is 80.0 Å². The number of hydrogen-bond donors (Lipinski definition) is 2. The summed E-state index contributed by atoms with van der Waals surface area (Å²) in [7, 11) is 3.83. The van der Waals surface area contributed by atoms with Crippen LogP contribution in [-0.2, 0) is 9.53 Å². The lowest BCUT2D eigenvalue weighted by Gasteiger charge is -2.22. The molecule has 0 saturated carbocycles. The number of nitrogens with zero attached hydrogens (tertiary/aromatic N) is 2. The average molecular weight is 240 g/mol. The van der Waals surface area contributed by atoms with Crippen LogP contribution in [0.5, 0.6) is 0 Å². The molecule has 2 atom stereocenters. The number of amidine groups is 1. The first-order valence-corrected chi connectivity index (χ1v) is 5.64. The Morgan fingerprint density at radius 3 is 3.06 bits per heavy atom. The molecular formula is C11H20N4O2. The Morgan fingerprint density at radius 1 is 1.65 bits per heavy atom. The quantitative estimate of drug-likeness (QED) is 0.377. The highest BCUT2D eigenvalue weighted by Crippen LogP contribution is 2.21. The molecule has 0 aromatic rings. The Balaban J connectivity index is 2.41. The normalized spacial score (nSPS) is 25.4. The van der Waals surface area contributed by atoms with Gasteiger partial charge in [-0.15, -0.1) is 0 Å². The van der Waals surface area contributed by atoms with Crippen molar-refractivity contribution >= 4 is 12.2 Å². The minimum absolute atomic E-state index is 0.0635. The molecule has 1 fully saturated rings. The zero-order valence-electron chi connectivity index (χ0n) is 10.3. The highest BCUT2D eigenvalue weighted by Gasteiger charge is 2.26. The zero-order valence-corrected chi connectivity index (χ0v) is 10.3. The number of carbonyl (C=O) groups excluding carboxylic acids is 1. The molecule has 6 heteroatoms. The number of likely N-dealkylation sites (N-methyl/N-ethyl adjacent to an activating group) is 1. The van der Waals surface area contributed by atoms with Crippen molar-refractivity contribution in [1.82, 2.24) is 10.2 Å². The molecule has 6 nitrogen and oxygen atoms in total. The van der Waals surface area contributed by atoms with Crippen molar-refractivity contribution in [3.05, 3.63) is 12.3 Å². The van der Waals surface area contributed by atoms with Crippen LogP contribution in [0.2, 0.25) is 0 Å². The number of nitrogens with one attached hydrogen (secondary N) is 1. The lowest BCUT2D eigenvalue weighted by molar-refractivity contribution is -0.106. The van der Waals surface area contributed by atoms with Gasteiger partial charge < -0.3 is 20.7 Å². The zero-order chi connectivity index (χ0) is 12.7. The van der Waals surface area contributed by atoms with Crippen LogP contribution >= 0.6 is 0 Å². The van der Waals surface area contributed by atoms with Crippen LogP contribution in [0.25, 0.3) is 0 Å². The van der Waals surface area contributed by atoms with E-state index >= 15 is 0 Å². The lowest BCUT2D eigenvalue weighted by Crippen LogP contribution is -2.30. The molecule has 1 heterocycles. The predicted molar refractivity (Wildman–Crippen MR) is 66.4 cm³/mol. The van der Waals surface area contributed by atoms with Gasteiger partial charge >= 0.3 is 0 Å². The van der Waals surface area contributed by atoms with E-state index < -0.39 is 0 Å². The van der Waals surface area contributed by atoms with E-state index in [1.165, 1.54) is 0 Å². The maximum absolute atomic E-state index is 10.1. The summed E-state index contributed by atoms with van der Waals surface area (Å²) in [5, 5.41) is 3.10. The van der Waals surface area contributed by atoms with E-state index in [9.17, 15) is 4.79 Å². The van der Waals surface area contributed by atoms with Gasteiger partial charge in [0.25, 0.3) is 0 Å². The van der Waals surface area contributed by atoms with Crippen LogP contribution in [-0.4, -0.2) is 50.1 Å². The minimum atomic E-state index is 0.0635. The predicted octanol–water partition coefficient (Wildman–Crippen LogP) is -0.330. The Labute approximate surface area is 102 Å². The Hall–Kier alpha value is -1.40. The smallest absolute Gasteiger partial charge is 0.234 e. The summed E-state index contributed by atoms with van der Waals surface area (Å²) >= 11 is 0. The first-order valence-electron chi connectivity index (χ1n) is 5.64. The van der Waals surface area contributed by atoms with E-state index in [4.69, 9.17) is 10.5 Å². The fourth-order valence-electron chi connectivity index (χ4n) is 1.76. The molecule has 17 heavy (non-hydrogen) atoms. The first-order chi connectivity index (χ1) is 8.17. The van der Waals surface area contributed by atoms with Crippen molar-refractivity contribution in [1.29, 1.82) is 0 Å². The second kappa shape index (κ2) is 7.03. The number of carbonyl (C=O) groups is 1. The molecule has 2 unspecified atom stereocenters. The van der Waals surface area contributed by atoms with Crippen molar-refractivity contribution in [2.24, 2.45) is 10.7 Å². The standard InChI is InChI=1S/C11H20N4O2/c1-13-7-9-3-4-11(17-9)15(2)6-5-10(12)14-8-16/h5-6,8-9,11,13H,3-4,7H2,1-2H3,(H2,12,14,16)/b6-5-. The molecule has 1 aliphatic heterocycles. The van der Waals surface area contributed by atoms with Crippen LogP contribution in [0.1, 0.15) is 12.8 Å². The van der Waals surface area contributed by atoms with Gasteiger partial charge in [-0.1, -0.05) is 0 Å². The van der Waals surface area contributed by atoms with Gasteiger partial charge in [-0.3, -0.25) is 4.79 Å². The largest absolute Gasteiger partial charge is 0.384 e. The molecule has 0 aromatic carbocycles. The van der Waals surface area contributed by atoms with Crippen LogP contribution < -0.4 is 11.1 Å². The van der Waals surface area contributed by atoms with Gasteiger partial charge in [0.05, 0.1) is 6.10 Å². The fourth-order valence-corrected chi connectivity index (χ4v) is 1.76. The molecule has 0 aromatic heterocycles. The Kier molecular flexibility index (Phi) is 5.65. The summed E-state index contributed by atoms with van der Waals surface area (Å²) in [6.07, 6.45) is 6.14. The van der Waals surface area contributed by atoms with Crippen LogP contribution in [0.15, 0.2) is 17.3 Å². The maximum Gasteiger partial charge on any atom is 0.234 e. The van der Waals surface area contributed by atoms with Gasteiger partial charge in [-0.2, -0.15) is 4.99 Å². The van der Waals surface area contributed by atoms with Gasteiger partial charge in [-0.25, -0.2) is 0 Å². The molecule has 1 saturated heterocycles. The third-order valence-corrected chi connectivity index (χ3v) is 2.65. The lowest BCUT2D eigenvalue weighted by atomic mass is 10.2. The van der Waals surface area contributed by atoms with Gasteiger partial charge in [0.1, 0.15) is 12.1 Å². The third-order valence-electron chi connectivity index (χ3n) is 2.65. The van der Waals surface area contributed by atoms with Crippen molar-refractivity contribution in [2.45, 2.75) is 25.2 Å². The molecule has 1 rings (SSSR count). The molecule has 0 spiro atoms. The van der Waals surface area contributed by atoms with E-state index in [0.717, 1.165) is 19.4 Å². The van der Waals surface area contributed by atoms with E-state index in [-0.39, 0.29) is 18.2 Å². The highest BCUT2D eigenvalue weighted by molar-refractivity contribution is 5.95. The monoisotopic (exact) mass is 240 g/mol.